The van der Waals surface area contributed by atoms with Crippen LogP contribution in [0.3, 0.4) is 0 Å². The highest BCUT2D eigenvalue weighted by molar-refractivity contribution is 9.12. The van der Waals surface area contributed by atoms with Gasteiger partial charge in [0.2, 0.25) is 0 Å². The van der Waals surface area contributed by atoms with Gasteiger partial charge in [-0.25, -0.2) is 0 Å². The van der Waals surface area contributed by atoms with Crippen molar-refractivity contribution in [2.75, 3.05) is 6.61 Å². The van der Waals surface area contributed by atoms with E-state index in [9.17, 15) is 4.79 Å². The van der Waals surface area contributed by atoms with Crippen molar-refractivity contribution in [1.29, 1.82) is 0 Å². The number of para-hydroxylation sites is 1. The van der Waals surface area contributed by atoms with E-state index in [-0.39, 0.29) is 11.7 Å². The van der Waals surface area contributed by atoms with E-state index in [0.717, 1.165) is 30.9 Å². The van der Waals surface area contributed by atoms with Gasteiger partial charge in [0.15, 0.2) is 5.78 Å². The van der Waals surface area contributed by atoms with Gasteiger partial charge in [-0.15, -0.1) is 11.3 Å². The number of carbonyl (C=O) groups excluding carboxylic acids is 1. The van der Waals surface area contributed by atoms with E-state index in [4.69, 9.17) is 4.74 Å². The fraction of sp³-hybridized carbons (Fsp3) is 0.267. The van der Waals surface area contributed by atoms with Crippen LogP contribution in [0.15, 0.2) is 37.9 Å². The number of benzene rings is 1. The van der Waals surface area contributed by atoms with Crippen LogP contribution < -0.4 is 4.74 Å². The zero-order chi connectivity index (χ0) is 14.1. The first-order chi connectivity index (χ1) is 9.65. The van der Waals surface area contributed by atoms with Gasteiger partial charge in [-0.2, -0.15) is 0 Å². The Kier molecular flexibility index (Phi) is 4.29. The molecule has 0 amide bonds. The summed E-state index contributed by atoms with van der Waals surface area (Å²) in [6.45, 7) is 0.684. The van der Waals surface area contributed by atoms with E-state index in [1.54, 1.807) is 0 Å². The Balaban J connectivity index is 1.82. The summed E-state index contributed by atoms with van der Waals surface area (Å²) in [5.41, 5.74) is 1.92. The van der Waals surface area contributed by atoms with Gasteiger partial charge in [-0.1, -0.05) is 18.2 Å². The minimum Gasteiger partial charge on any atom is -0.493 e. The maximum Gasteiger partial charge on any atom is 0.165 e. The minimum absolute atomic E-state index is 0.181. The largest absolute Gasteiger partial charge is 0.493 e. The zero-order valence-electron chi connectivity index (χ0n) is 10.6. The molecule has 0 saturated carbocycles. The molecule has 2 heterocycles. The number of Topliss-reactive ketones (excluding diaryl/α,β-unsaturated/α-hetero) is 1. The third-order valence-electron chi connectivity index (χ3n) is 3.47. The Morgan fingerprint density at radius 1 is 1.35 bits per heavy atom. The van der Waals surface area contributed by atoms with E-state index in [2.05, 4.69) is 37.9 Å². The quantitative estimate of drug-likeness (QED) is 0.626. The van der Waals surface area contributed by atoms with Gasteiger partial charge in [0.25, 0.3) is 0 Å². The average molecular weight is 416 g/mol. The molecule has 0 aliphatic carbocycles. The molecule has 3 rings (SSSR count). The number of ether oxygens (including phenoxy) is 1. The molecule has 0 saturated heterocycles. The monoisotopic (exact) mass is 414 g/mol. The molecule has 1 aromatic carbocycles. The Hall–Kier alpha value is -0.650. The highest BCUT2D eigenvalue weighted by Crippen LogP contribution is 2.38. The smallest absolute Gasteiger partial charge is 0.165 e. The Bertz CT molecular complexity index is 651. The third kappa shape index (κ3) is 2.85. The molecule has 5 heteroatoms. The number of carbonyl (C=O) groups is 1. The Morgan fingerprint density at radius 3 is 2.90 bits per heavy atom. The van der Waals surface area contributed by atoms with Crippen molar-refractivity contribution in [3.63, 3.8) is 0 Å². The van der Waals surface area contributed by atoms with Crippen molar-refractivity contribution in [3.8, 4) is 5.75 Å². The Morgan fingerprint density at radius 2 is 2.15 bits per heavy atom. The molecule has 2 nitrogen and oxygen atoms in total. The number of hydrogen-bond donors (Lipinski definition) is 0. The first-order valence-electron chi connectivity index (χ1n) is 6.35. The molecule has 1 aliphatic heterocycles. The van der Waals surface area contributed by atoms with Crippen LogP contribution in [-0.4, -0.2) is 12.4 Å². The number of halogens is 2. The fourth-order valence-electron chi connectivity index (χ4n) is 2.49. The highest BCUT2D eigenvalue weighted by atomic mass is 79.9. The lowest BCUT2D eigenvalue weighted by Gasteiger charge is -2.25. The number of fused-ring (bicyclic) bond motifs is 1. The van der Waals surface area contributed by atoms with Gasteiger partial charge in [0.1, 0.15) is 5.75 Å². The SMILES string of the molecule is O=C(CC1CCOc2ccccc21)c1cc(Br)sc1Br. The lowest BCUT2D eigenvalue weighted by Crippen LogP contribution is -2.17. The van der Waals surface area contributed by atoms with E-state index < -0.39 is 0 Å². The van der Waals surface area contributed by atoms with Crippen LogP contribution in [0, 0.1) is 0 Å². The van der Waals surface area contributed by atoms with Crippen LogP contribution in [0.2, 0.25) is 0 Å². The van der Waals surface area contributed by atoms with Crippen molar-refractivity contribution in [1.82, 2.24) is 0 Å². The summed E-state index contributed by atoms with van der Waals surface area (Å²) in [6, 6.07) is 9.90. The molecule has 104 valence electrons. The number of hydrogen-bond acceptors (Lipinski definition) is 3. The maximum absolute atomic E-state index is 12.5. The summed E-state index contributed by atoms with van der Waals surface area (Å²) >= 11 is 8.41. The van der Waals surface area contributed by atoms with Gasteiger partial charge in [-0.05, 0) is 61.9 Å². The predicted molar refractivity (Wildman–Crippen MR) is 88.0 cm³/mol. The first kappa shape index (κ1) is 14.3. The number of thiophene rings is 1. The third-order valence-corrected chi connectivity index (χ3v) is 5.81. The van der Waals surface area contributed by atoms with Gasteiger partial charge < -0.3 is 4.74 Å². The lowest BCUT2D eigenvalue weighted by molar-refractivity contribution is 0.0965. The normalized spacial score (nSPS) is 17.4. The van der Waals surface area contributed by atoms with Crippen LogP contribution in [0.25, 0.3) is 0 Å². The van der Waals surface area contributed by atoms with Gasteiger partial charge in [-0.3, -0.25) is 4.79 Å². The van der Waals surface area contributed by atoms with E-state index in [1.807, 2.05) is 24.3 Å². The average Bonchev–Trinajstić information content (AvgIpc) is 2.78. The lowest BCUT2D eigenvalue weighted by atomic mass is 9.88. The van der Waals surface area contributed by atoms with E-state index in [0.29, 0.717) is 13.0 Å². The molecule has 0 N–H and O–H groups in total. The molecule has 1 aromatic heterocycles. The van der Waals surface area contributed by atoms with Crippen LogP contribution in [0.4, 0.5) is 0 Å². The molecule has 1 unspecified atom stereocenters. The summed E-state index contributed by atoms with van der Waals surface area (Å²) < 4.78 is 7.51. The summed E-state index contributed by atoms with van der Waals surface area (Å²) in [5, 5.41) is 0. The molecule has 0 fully saturated rings. The predicted octanol–water partition coefficient (Wildman–Crippen LogP) is 5.41. The second kappa shape index (κ2) is 6.00. The molecule has 0 spiro atoms. The highest BCUT2D eigenvalue weighted by Gasteiger charge is 2.25. The summed E-state index contributed by atoms with van der Waals surface area (Å²) in [7, 11) is 0. The summed E-state index contributed by atoms with van der Waals surface area (Å²) in [5.74, 6) is 1.35. The molecular weight excluding hydrogens is 404 g/mol. The van der Waals surface area contributed by atoms with E-state index >= 15 is 0 Å². The molecule has 1 aliphatic rings. The second-order valence-electron chi connectivity index (χ2n) is 4.74. The maximum atomic E-state index is 12.5. The van der Waals surface area contributed by atoms with Gasteiger partial charge >= 0.3 is 0 Å². The summed E-state index contributed by atoms with van der Waals surface area (Å²) in [6.07, 6.45) is 1.42. The number of ketones is 1. The van der Waals surface area contributed by atoms with Crippen LogP contribution in [0.5, 0.6) is 5.75 Å². The van der Waals surface area contributed by atoms with Crippen LogP contribution in [0.1, 0.15) is 34.7 Å². The Labute approximate surface area is 138 Å². The standard InChI is InChI=1S/C15H12Br2O2S/c16-14-8-11(15(17)20-14)12(18)7-9-5-6-19-13-4-2-1-3-10(9)13/h1-4,8-9H,5-7H2. The molecule has 2 aromatic rings. The van der Waals surface area contributed by atoms with Crippen LogP contribution >= 0.6 is 43.2 Å². The van der Waals surface area contributed by atoms with Crippen molar-refractivity contribution >= 4 is 49.0 Å². The topological polar surface area (TPSA) is 26.3 Å². The van der Waals surface area contributed by atoms with Crippen molar-refractivity contribution in [2.24, 2.45) is 0 Å². The van der Waals surface area contributed by atoms with Gasteiger partial charge in [0.05, 0.1) is 14.2 Å². The molecule has 0 bridgehead atoms. The minimum atomic E-state index is 0.181. The van der Waals surface area contributed by atoms with Crippen molar-refractivity contribution in [3.05, 3.63) is 49.0 Å². The molecule has 0 radical (unpaired) electrons. The molecular formula is C15H12Br2O2S. The summed E-state index contributed by atoms with van der Waals surface area (Å²) in [4.78, 5) is 12.5. The fourth-order valence-corrected chi connectivity index (χ4v) is 5.35. The van der Waals surface area contributed by atoms with Crippen molar-refractivity contribution in [2.45, 2.75) is 18.8 Å². The van der Waals surface area contributed by atoms with Crippen molar-refractivity contribution < 1.29 is 9.53 Å². The van der Waals surface area contributed by atoms with Crippen LogP contribution in [-0.2, 0) is 0 Å². The molecule has 20 heavy (non-hydrogen) atoms. The second-order valence-corrected chi connectivity index (χ2v) is 8.49. The number of rotatable bonds is 3. The first-order valence-corrected chi connectivity index (χ1v) is 8.75. The zero-order valence-corrected chi connectivity index (χ0v) is 14.6. The van der Waals surface area contributed by atoms with E-state index in [1.165, 1.54) is 11.3 Å². The van der Waals surface area contributed by atoms with Gasteiger partial charge in [0, 0.05) is 12.0 Å². The molecule has 1 atom stereocenters.